The van der Waals surface area contributed by atoms with Gasteiger partial charge < -0.3 is 16.2 Å². The normalized spacial score (nSPS) is 19.1. The van der Waals surface area contributed by atoms with E-state index in [1.165, 1.54) is 0 Å². The first-order valence-electron chi connectivity index (χ1n) is 7.44. The lowest BCUT2D eigenvalue weighted by Crippen LogP contribution is -2.46. The van der Waals surface area contributed by atoms with Gasteiger partial charge in [0.25, 0.3) is 0 Å². The summed E-state index contributed by atoms with van der Waals surface area (Å²) in [6, 6.07) is 3.75. The summed E-state index contributed by atoms with van der Waals surface area (Å²) >= 11 is 0. The lowest BCUT2D eigenvalue weighted by molar-refractivity contribution is -0.122. The highest BCUT2D eigenvalue weighted by molar-refractivity contribution is 5.77. The molecule has 0 aromatic carbocycles. The summed E-state index contributed by atoms with van der Waals surface area (Å²) in [6.45, 7) is 4.36. The van der Waals surface area contributed by atoms with E-state index in [0.717, 1.165) is 31.7 Å². The van der Waals surface area contributed by atoms with Crippen LogP contribution in [0.2, 0.25) is 0 Å². The van der Waals surface area contributed by atoms with Gasteiger partial charge in [-0.25, -0.2) is 0 Å². The third kappa shape index (κ3) is 5.41. The van der Waals surface area contributed by atoms with Crippen LogP contribution >= 0.6 is 0 Å². The van der Waals surface area contributed by atoms with Crippen molar-refractivity contribution in [3.05, 3.63) is 30.1 Å². The number of hydrogen-bond acceptors (Lipinski definition) is 5. The number of rotatable bonds is 7. The average molecular weight is 292 g/mol. The predicted octanol–water partition coefficient (Wildman–Crippen LogP) is -0.618. The maximum Gasteiger partial charge on any atom is 0.220 e. The summed E-state index contributed by atoms with van der Waals surface area (Å²) in [7, 11) is 0. The molecule has 6 heteroatoms. The van der Waals surface area contributed by atoms with Crippen molar-refractivity contribution in [1.82, 2.24) is 15.2 Å². The van der Waals surface area contributed by atoms with Crippen molar-refractivity contribution >= 4 is 5.91 Å². The van der Waals surface area contributed by atoms with E-state index >= 15 is 0 Å². The quantitative estimate of drug-likeness (QED) is 0.623. The van der Waals surface area contributed by atoms with E-state index < -0.39 is 6.10 Å². The molecule has 1 amide bonds. The number of carbonyl (C=O) groups is 1. The van der Waals surface area contributed by atoms with Gasteiger partial charge in [0.2, 0.25) is 5.91 Å². The van der Waals surface area contributed by atoms with Crippen LogP contribution in [0.3, 0.4) is 0 Å². The minimum absolute atomic E-state index is 0.342. The average Bonchev–Trinajstić information content (AvgIpc) is 2.48. The summed E-state index contributed by atoms with van der Waals surface area (Å²) in [6.07, 6.45) is 3.83. The molecular formula is C15H24N4O2. The van der Waals surface area contributed by atoms with E-state index in [-0.39, 0.29) is 11.8 Å². The molecule has 0 spiro atoms. The lowest BCUT2D eigenvalue weighted by atomic mass is 9.93. The fourth-order valence-corrected chi connectivity index (χ4v) is 2.70. The molecule has 1 aliphatic heterocycles. The van der Waals surface area contributed by atoms with Gasteiger partial charge in [0.1, 0.15) is 0 Å². The molecule has 0 radical (unpaired) electrons. The zero-order chi connectivity index (χ0) is 15.1. The third-order valence-electron chi connectivity index (χ3n) is 3.87. The number of nitrogens with one attached hydrogen (secondary N) is 1. The molecule has 2 atom stereocenters. The minimum Gasteiger partial charge on any atom is -0.392 e. The number of β-amino-alcohol motifs (C(OH)–C–C–N with tert-alkyl or cyclic N) is 1. The molecule has 6 nitrogen and oxygen atoms in total. The molecule has 2 rings (SSSR count). The van der Waals surface area contributed by atoms with Gasteiger partial charge in [0.05, 0.1) is 6.10 Å². The third-order valence-corrected chi connectivity index (χ3v) is 3.87. The van der Waals surface area contributed by atoms with Crippen molar-refractivity contribution in [2.75, 3.05) is 32.7 Å². The molecular weight excluding hydrogens is 268 g/mol. The monoisotopic (exact) mass is 292 g/mol. The summed E-state index contributed by atoms with van der Waals surface area (Å²) in [5.41, 5.74) is 6.49. The number of aliphatic hydroxyl groups excluding tert-OH is 1. The molecule has 4 N–H and O–H groups in total. The fraction of sp³-hybridized carbons (Fsp3) is 0.600. The van der Waals surface area contributed by atoms with Crippen LogP contribution in [0.15, 0.2) is 24.5 Å². The topological polar surface area (TPSA) is 91.5 Å². The van der Waals surface area contributed by atoms with Crippen molar-refractivity contribution < 1.29 is 9.90 Å². The number of pyridine rings is 1. The van der Waals surface area contributed by atoms with Gasteiger partial charge in [-0.05, 0) is 30.5 Å². The second kappa shape index (κ2) is 8.07. The van der Waals surface area contributed by atoms with Crippen molar-refractivity contribution in [2.24, 2.45) is 11.7 Å². The van der Waals surface area contributed by atoms with Gasteiger partial charge in [-0.2, -0.15) is 0 Å². The second-order valence-electron chi connectivity index (χ2n) is 5.60. The molecule has 0 bridgehead atoms. The van der Waals surface area contributed by atoms with Gasteiger partial charge in [-0.15, -0.1) is 0 Å². The lowest BCUT2D eigenvalue weighted by Gasteiger charge is -2.30. The molecule has 1 fully saturated rings. The Hall–Kier alpha value is -1.50. The molecule has 0 saturated carbocycles. The van der Waals surface area contributed by atoms with E-state index in [9.17, 15) is 9.90 Å². The van der Waals surface area contributed by atoms with Crippen LogP contribution in [0.1, 0.15) is 12.0 Å². The molecule has 1 aliphatic rings. The van der Waals surface area contributed by atoms with E-state index in [4.69, 9.17) is 5.73 Å². The van der Waals surface area contributed by atoms with E-state index in [2.05, 4.69) is 15.2 Å². The Kier molecular flexibility index (Phi) is 6.10. The summed E-state index contributed by atoms with van der Waals surface area (Å²) in [4.78, 5) is 17.8. The highest BCUT2D eigenvalue weighted by Gasteiger charge is 2.22. The van der Waals surface area contributed by atoms with Crippen molar-refractivity contribution in [3.63, 3.8) is 0 Å². The second-order valence-corrected chi connectivity index (χ2v) is 5.60. The van der Waals surface area contributed by atoms with Gasteiger partial charge in [0.15, 0.2) is 0 Å². The SMILES string of the molecule is NC(=O)C(Cc1ccncc1)CC(O)CN1CCNCC1. The van der Waals surface area contributed by atoms with Crippen LogP contribution in [0, 0.1) is 5.92 Å². The first kappa shape index (κ1) is 15.9. The Labute approximate surface area is 125 Å². The number of aliphatic hydroxyl groups is 1. The van der Waals surface area contributed by atoms with Gasteiger partial charge in [-0.1, -0.05) is 0 Å². The van der Waals surface area contributed by atoms with Crippen LogP contribution in [0.5, 0.6) is 0 Å². The zero-order valence-electron chi connectivity index (χ0n) is 12.2. The molecule has 2 unspecified atom stereocenters. The van der Waals surface area contributed by atoms with Crippen LogP contribution in [0.25, 0.3) is 0 Å². The molecule has 1 saturated heterocycles. The molecule has 1 aromatic heterocycles. The zero-order valence-corrected chi connectivity index (χ0v) is 12.2. The van der Waals surface area contributed by atoms with Crippen molar-refractivity contribution in [3.8, 4) is 0 Å². The number of hydrogen-bond donors (Lipinski definition) is 3. The largest absolute Gasteiger partial charge is 0.392 e. The molecule has 116 valence electrons. The summed E-state index contributed by atoms with van der Waals surface area (Å²) in [5, 5.41) is 13.5. The maximum atomic E-state index is 11.6. The smallest absolute Gasteiger partial charge is 0.220 e. The number of piperazine rings is 1. The van der Waals surface area contributed by atoms with Gasteiger partial charge in [0, 0.05) is 51.0 Å². The molecule has 2 heterocycles. The van der Waals surface area contributed by atoms with Gasteiger partial charge >= 0.3 is 0 Å². The standard InChI is InChI=1S/C15H24N4O2/c16-15(21)13(9-12-1-3-17-4-2-12)10-14(20)11-19-7-5-18-6-8-19/h1-4,13-14,18,20H,5-11H2,(H2,16,21). The maximum absolute atomic E-state index is 11.6. The number of carbonyl (C=O) groups excluding carboxylic acids is 1. The Morgan fingerprint density at radius 2 is 2.05 bits per heavy atom. The Morgan fingerprint density at radius 3 is 2.67 bits per heavy atom. The Balaban J connectivity index is 1.85. The van der Waals surface area contributed by atoms with Crippen LogP contribution < -0.4 is 11.1 Å². The predicted molar refractivity (Wildman–Crippen MR) is 80.6 cm³/mol. The van der Waals surface area contributed by atoms with E-state index in [0.29, 0.717) is 19.4 Å². The van der Waals surface area contributed by atoms with Crippen LogP contribution in [0.4, 0.5) is 0 Å². The molecule has 21 heavy (non-hydrogen) atoms. The van der Waals surface area contributed by atoms with E-state index in [1.807, 2.05) is 12.1 Å². The number of nitrogens with two attached hydrogens (primary N) is 1. The summed E-state index contributed by atoms with van der Waals surface area (Å²) < 4.78 is 0. The highest BCUT2D eigenvalue weighted by atomic mass is 16.3. The fourth-order valence-electron chi connectivity index (χ4n) is 2.70. The first-order valence-corrected chi connectivity index (χ1v) is 7.44. The van der Waals surface area contributed by atoms with Crippen molar-refractivity contribution in [2.45, 2.75) is 18.9 Å². The number of primary amides is 1. The minimum atomic E-state index is -0.526. The number of amides is 1. The number of nitrogens with zero attached hydrogens (tertiary/aromatic N) is 2. The first-order chi connectivity index (χ1) is 10.1. The van der Waals surface area contributed by atoms with Gasteiger partial charge in [-0.3, -0.25) is 14.7 Å². The highest BCUT2D eigenvalue weighted by Crippen LogP contribution is 2.14. The Bertz CT molecular complexity index is 435. The van der Waals surface area contributed by atoms with E-state index in [1.54, 1.807) is 12.4 Å². The van der Waals surface area contributed by atoms with Crippen LogP contribution in [-0.4, -0.2) is 59.7 Å². The number of aromatic nitrogens is 1. The van der Waals surface area contributed by atoms with Crippen molar-refractivity contribution in [1.29, 1.82) is 0 Å². The van der Waals surface area contributed by atoms with Crippen LogP contribution in [-0.2, 0) is 11.2 Å². The molecule has 1 aromatic rings. The Morgan fingerprint density at radius 1 is 1.38 bits per heavy atom. The summed E-state index contributed by atoms with van der Waals surface area (Å²) in [5.74, 6) is -0.698. The molecule has 0 aliphatic carbocycles.